The van der Waals surface area contributed by atoms with Gasteiger partial charge in [-0.3, -0.25) is 0 Å². The predicted octanol–water partition coefficient (Wildman–Crippen LogP) is 5.18. The third kappa shape index (κ3) is 3.71. The summed E-state index contributed by atoms with van der Waals surface area (Å²) in [4.78, 5) is 14.4. The SMILES string of the molecule is CC.C[NH2+]c1ccccc1C1=C2CC=CC=C2c2cc(C(=O)OC)ccc2S1. The summed E-state index contributed by atoms with van der Waals surface area (Å²) in [6, 6.07) is 14.3. The number of rotatable bonds is 3. The molecule has 144 valence electrons. The predicted molar refractivity (Wildman–Crippen MR) is 118 cm³/mol. The Morgan fingerprint density at radius 1 is 1.11 bits per heavy atom. The van der Waals surface area contributed by atoms with Crippen molar-refractivity contribution < 1.29 is 14.8 Å². The van der Waals surface area contributed by atoms with Gasteiger partial charge in [-0.25, -0.2) is 4.79 Å². The summed E-state index contributed by atoms with van der Waals surface area (Å²) in [6.07, 6.45) is 7.33. The molecule has 0 saturated heterocycles. The van der Waals surface area contributed by atoms with Crippen LogP contribution in [-0.4, -0.2) is 20.1 Å². The van der Waals surface area contributed by atoms with Crippen molar-refractivity contribution in [2.24, 2.45) is 0 Å². The highest BCUT2D eigenvalue weighted by Gasteiger charge is 2.27. The lowest BCUT2D eigenvalue weighted by Crippen LogP contribution is -2.73. The van der Waals surface area contributed by atoms with Gasteiger partial charge in [-0.2, -0.15) is 0 Å². The van der Waals surface area contributed by atoms with Crippen molar-refractivity contribution in [2.75, 3.05) is 14.2 Å². The normalized spacial score (nSPS) is 14.4. The average molecular weight is 393 g/mol. The zero-order valence-electron chi connectivity index (χ0n) is 16.8. The molecule has 1 aliphatic carbocycles. The third-order valence-electron chi connectivity index (χ3n) is 4.74. The van der Waals surface area contributed by atoms with Crippen LogP contribution >= 0.6 is 11.8 Å². The van der Waals surface area contributed by atoms with E-state index in [0.717, 1.165) is 12.0 Å². The molecule has 3 nitrogen and oxygen atoms in total. The molecular weight excluding hydrogens is 366 g/mol. The van der Waals surface area contributed by atoms with Gasteiger partial charge in [-0.15, -0.1) is 0 Å². The Kier molecular flexibility index (Phi) is 6.55. The number of allylic oxidation sites excluding steroid dienone is 5. The summed E-state index contributed by atoms with van der Waals surface area (Å²) in [5.41, 5.74) is 6.73. The lowest BCUT2D eigenvalue weighted by atomic mass is 9.89. The molecule has 1 heterocycles. The van der Waals surface area contributed by atoms with E-state index >= 15 is 0 Å². The minimum Gasteiger partial charge on any atom is -0.465 e. The molecule has 28 heavy (non-hydrogen) atoms. The molecule has 0 atom stereocenters. The van der Waals surface area contributed by atoms with Gasteiger partial charge in [0.25, 0.3) is 0 Å². The van der Waals surface area contributed by atoms with Crippen LogP contribution in [0, 0.1) is 0 Å². The maximum absolute atomic E-state index is 11.9. The number of hydrogen-bond acceptors (Lipinski definition) is 3. The van der Waals surface area contributed by atoms with Gasteiger partial charge >= 0.3 is 5.97 Å². The molecule has 4 heteroatoms. The second-order valence-corrected chi connectivity index (χ2v) is 7.25. The van der Waals surface area contributed by atoms with Crippen molar-refractivity contribution >= 4 is 33.9 Å². The fraction of sp³-hybridized carbons (Fsp3) is 0.208. The van der Waals surface area contributed by atoms with Gasteiger partial charge in [0.1, 0.15) is 5.69 Å². The number of thioether (sulfide) groups is 1. The van der Waals surface area contributed by atoms with E-state index in [9.17, 15) is 4.79 Å². The first-order valence-electron chi connectivity index (χ1n) is 9.62. The molecular formula is C24H26NO2S+. The Labute approximate surface area is 171 Å². The van der Waals surface area contributed by atoms with Gasteiger partial charge in [-0.1, -0.05) is 56.0 Å². The molecule has 2 aliphatic rings. The minimum atomic E-state index is -0.299. The molecule has 0 saturated carbocycles. The van der Waals surface area contributed by atoms with Gasteiger partial charge < -0.3 is 10.1 Å². The number of carbonyl (C=O) groups excluding carboxylic acids is 1. The molecule has 2 aromatic rings. The summed E-state index contributed by atoms with van der Waals surface area (Å²) in [5, 5.41) is 2.15. The smallest absolute Gasteiger partial charge is 0.337 e. The van der Waals surface area contributed by atoms with E-state index in [0.29, 0.717) is 5.56 Å². The van der Waals surface area contributed by atoms with E-state index in [1.807, 2.05) is 32.0 Å². The van der Waals surface area contributed by atoms with Crippen molar-refractivity contribution in [1.82, 2.24) is 0 Å². The van der Waals surface area contributed by atoms with Crippen molar-refractivity contribution in [2.45, 2.75) is 25.2 Å². The number of fused-ring (bicyclic) bond motifs is 3. The second kappa shape index (κ2) is 9.09. The van der Waals surface area contributed by atoms with Crippen LogP contribution in [0.3, 0.4) is 0 Å². The van der Waals surface area contributed by atoms with Gasteiger partial charge in [0.05, 0.1) is 19.7 Å². The summed E-state index contributed by atoms with van der Waals surface area (Å²) >= 11 is 1.79. The van der Waals surface area contributed by atoms with E-state index in [1.54, 1.807) is 11.8 Å². The summed E-state index contributed by atoms with van der Waals surface area (Å²) < 4.78 is 4.89. The molecule has 1 aliphatic heterocycles. The second-order valence-electron chi connectivity index (χ2n) is 6.20. The Balaban J connectivity index is 0.00000109. The maximum Gasteiger partial charge on any atom is 0.337 e. The monoisotopic (exact) mass is 392 g/mol. The number of benzene rings is 2. The molecule has 0 fully saturated rings. The average Bonchev–Trinajstić information content (AvgIpc) is 2.79. The first-order valence-corrected chi connectivity index (χ1v) is 10.4. The quantitative estimate of drug-likeness (QED) is 0.578. The van der Waals surface area contributed by atoms with E-state index in [1.165, 1.54) is 39.3 Å². The molecule has 0 radical (unpaired) electrons. The highest BCUT2D eigenvalue weighted by Crippen LogP contribution is 2.51. The number of methoxy groups -OCH3 is 1. The molecule has 0 aromatic heterocycles. The third-order valence-corrected chi connectivity index (χ3v) is 5.99. The Morgan fingerprint density at radius 2 is 1.89 bits per heavy atom. The highest BCUT2D eigenvalue weighted by atomic mass is 32.2. The highest BCUT2D eigenvalue weighted by molar-refractivity contribution is 8.08. The molecule has 0 amide bonds. The van der Waals surface area contributed by atoms with Crippen LogP contribution in [0.1, 0.15) is 41.8 Å². The first kappa shape index (κ1) is 20.2. The Hall–Kier alpha value is -2.56. The number of ether oxygens (including phenoxy) is 1. The van der Waals surface area contributed by atoms with Crippen LogP contribution < -0.4 is 5.32 Å². The van der Waals surface area contributed by atoms with Crippen molar-refractivity contribution in [1.29, 1.82) is 0 Å². The number of esters is 1. The lowest BCUT2D eigenvalue weighted by molar-refractivity contribution is -0.539. The van der Waals surface area contributed by atoms with Crippen LogP contribution in [0.5, 0.6) is 0 Å². The van der Waals surface area contributed by atoms with Crippen molar-refractivity contribution in [3.8, 4) is 0 Å². The maximum atomic E-state index is 11.9. The number of nitrogens with two attached hydrogens (primary N) is 1. The van der Waals surface area contributed by atoms with E-state index in [-0.39, 0.29) is 5.97 Å². The van der Waals surface area contributed by atoms with Gasteiger partial charge in [-0.05, 0) is 53.5 Å². The van der Waals surface area contributed by atoms with Gasteiger partial charge in [0.15, 0.2) is 0 Å². The van der Waals surface area contributed by atoms with Gasteiger partial charge in [0.2, 0.25) is 0 Å². The summed E-state index contributed by atoms with van der Waals surface area (Å²) in [5.74, 6) is -0.299. The molecule has 2 aromatic carbocycles. The fourth-order valence-corrected chi connectivity index (χ4v) is 4.69. The molecule has 4 rings (SSSR count). The standard InChI is InChI=1S/C22H19NO2S.C2H6/c1-23-19-10-6-5-9-17(19)21-16-8-4-3-7-15(16)18-13-14(22(24)25-2)11-12-20(18)26-21;1-2/h3-7,9-13,23H,8H2,1-2H3;1-2H3/p+1. The number of para-hydroxylation sites is 1. The van der Waals surface area contributed by atoms with Crippen LogP contribution in [0.25, 0.3) is 10.5 Å². The van der Waals surface area contributed by atoms with Crippen molar-refractivity contribution in [3.63, 3.8) is 0 Å². The summed E-state index contributed by atoms with van der Waals surface area (Å²) in [6.45, 7) is 4.00. The molecule has 0 bridgehead atoms. The van der Waals surface area contributed by atoms with Crippen molar-refractivity contribution in [3.05, 3.63) is 83.0 Å². The van der Waals surface area contributed by atoms with Gasteiger partial charge in [0, 0.05) is 15.4 Å². The summed E-state index contributed by atoms with van der Waals surface area (Å²) in [7, 11) is 3.49. The molecule has 0 unspecified atom stereocenters. The Bertz CT molecular complexity index is 986. The van der Waals surface area contributed by atoms with Crippen LogP contribution in [0.15, 0.2) is 71.2 Å². The molecule has 2 N–H and O–H groups in total. The first-order chi connectivity index (χ1) is 13.7. The fourth-order valence-electron chi connectivity index (χ4n) is 3.45. The zero-order valence-corrected chi connectivity index (χ0v) is 17.6. The number of quaternary nitrogens is 1. The van der Waals surface area contributed by atoms with Crippen LogP contribution in [0.4, 0.5) is 5.69 Å². The Morgan fingerprint density at radius 3 is 2.64 bits per heavy atom. The largest absolute Gasteiger partial charge is 0.465 e. The van der Waals surface area contributed by atoms with E-state index < -0.39 is 0 Å². The van der Waals surface area contributed by atoms with Crippen LogP contribution in [0.2, 0.25) is 0 Å². The molecule has 0 spiro atoms. The number of hydrogen-bond donors (Lipinski definition) is 1. The van der Waals surface area contributed by atoms with E-state index in [4.69, 9.17) is 4.74 Å². The zero-order chi connectivity index (χ0) is 20.1. The van der Waals surface area contributed by atoms with Crippen LogP contribution in [-0.2, 0) is 4.74 Å². The topological polar surface area (TPSA) is 42.9 Å². The number of carbonyl (C=O) groups is 1. The minimum absolute atomic E-state index is 0.299. The van der Waals surface area contributed by atoms with E-state index in [2.05, 4.69) is 54.9 Å². The lowest BCUT2D eigenvalue weighted by Gasteiger charge is -2.27.